The minimum absolute atomic E-state index is 0.143. The number of anilines is 1. The maximum Gasteiger partial charge on any atom is 0.333 e. The summed E-state index contributed by atoms with van der Waals surface area (Å²) < 4.78 is 37.7. The van der Waals surface area contributed by atoms with Crippen molar-refractivity contribution in [1.82, 2.24) is 29.1 Å². The lowest BCUT2D eigenvalue weighted by atomic mass is 9.98. The first-order valence-electron chi connectivity index (χ1n) is 12.4. The number of aromatic nitrogens is 5. The van der Waals surface area contributed by atoms with Crippen molar-refractivity contribution in [2.75, 3.05) is 11.9 Å². The third-order valence-corrected chi connectivity index (χ3v) is 8.54. The number of nitrogens with zero attached hydrogens (tertiary/aromatic N) is 5. The van der Waals surface area contributed by atoms with Crippen LogP contribution in [0.4, 0.5) is 10.5 Å². The Morgan fingerprint density at radius 2 is 2.03 bits per heavy atom. The number of sulfonamides is 1. The molecule has 0 saturated heterocycles. The van der Waals surface area contributed by atoms with Crippen LogP contribution in [-0.2, 0) is 34.1 Å². The molecule has 11 nitrogen and oxygen atoms in total. The maximum atomic E-state index is 13.1. The number of urea groups is 1. The number of nitrogens with one attached hydrogen (secondary N) is 2. The molecule has 12 heteroatoms. The number of carbonyl (C=O) groups excluding carboxylic acids is 1. The molecule has 1 aromatic carbocycles. The summed E-state index contributed by atoms with van der Waals surface area (Å²) >= 11 is 0. The van der Waals surface area contributed by atoms with Gasteiger partial charge in [0.05, 0.1) is 24.5 Å². The van der Waals surface area contributed by atoms with Crippen molar-refractivity contribution in [2.45, 2.75) is 49.8 Å². The summed E-state index contributed by atoms with van der Waals surface area (Å²) in [6.45, 7) is 0.974. The van der Waals surface area contributed by atoms with Crippen LogP contribution in [0.2, 0.25) is 0 Å². The van der Waals surface area contributed by atoms with E-state index in [1.165, 1.54) is 12.4 Å². The Morgan fingerprint density at radius 3 is 2.89 bits per heavy atom. The van der Waals surface area contributed by atoms with Gasteiger partial charge in [0.1, 0.15) is 12.4 Å². The highest BCUT2D eigenvalue weighted by Gasteiger charge is 2.38. The molecule has 37 heavy (non-hydrogen) atoms. The van der Waals surface area contributed by atoms with Crippen molar-refractivity contribution in [2.24, 2.45) is 5.92 Å². The van der Waals surface area contributed by atoms with E-state index in [0.29, 0.717) is 30.4 Å². The van der Waals surface area contributed by atoms with Crippen LogP contribution in [0.3, 0.4) is 0 Å². The molecule has 190 valence electrons. The van der Waals surface area contributed by atoms with Gasteiger partial charge in [-0.05, 0) is 61.3 Å². The fourth-order valence-corrected chi connectivity index (χ4v) is 6.29. The average molecular weight is 520 g/mol. The first-order chi connectivity index (χ1) is 18.0. The van der Waals surface area contributed by atoms with Gasteiger partial charge in [0.25, 0.3) is 10.0 Å². The molecule has 0 bridgehead atoms. The molecule has 1 saturated carbocycles. The zero-order valence-corrected chi connectivity index (χ0v) is 20.7. The van der Waals surface area contributed by atoms with Crippen molar-refractivity contribution in [3.8, 4) is 11.1 Å². The zero-order chi connectivity index (χ0) is 25.1. The third-order valence-electron chi connectivity index (χ3n) is 7.34. The van der Waals surface area contributed by atoms with E-state index in [4.69, 9.17) is 4.74 Å². The van der Waals surface area contributed by atoms with Gasteiger partial charge in [0.15, 0.2) is 10.7 Å². The first-order valence-corrected chi connectivity index (χ1v) is 13.9. The van der Waals surface area contributed by atoms with Crippen LogP contribution in [0.25, 0.3) is 16.8 Å². The quantitative estimate of drug-likeness (QED) is 0.414. The molecule has 4 aromatic rings. The van der Waals surface area contributed by atoms with E-state index < -0.39 is 16.1 Å². The molecular weight excluding hydrogens is 494 g/mol. The Morgan fingerprint density at radius 1 is 1.14 bits per heavy atom. The van der Waals surface area contributed by atoms with Crippen molar-refractivity contribution in [3.63, 3.8) is 0 Å². The van der Waals surface area contributed by atoms with Crippen LogP contribution >= 0.6 is 0 Å². The molecule has 7 rings (SSSR count). The molecule has 2 amide bonds. The van der Waals surface area contributed by atoms with Crippen LogP contribution in [0.15, 0.2) is 47.9 Å². The molecule has 4 heterocycles. The number of carbonyl (C=O) groups is 1. The van der Waals surface area contributed by atoms with Gasteiger partial charge in [-0.3, -0.25) is 4.68 Å². The highest BCUT2D eigenvalue weighted by molar-refractivity contribution is 7.90. The Bertz CT molecular complexity index is 1650. The van der Waals surface area contributed by atoms with Crippen LogP contribution in [0.1, 0.15) is 42.2 Å². The van der Waals surface area contributed by atoms with Gasteiger partial charge in [0.2, 0.25) is 0 Å². The number of rotatable bonds is 5. The molecule has 2 aliphatic carbocycles. The summed E-state index contributed by atoms with van der Waals surface area (Å²) in [6.07, 6.45) is 7.98. The Hall–Kier alpha value is -3.77. The molecule has 2 N–H and O–H groups in total. The molecule has 1 unspecified atom stereocenters. The number of hydrogen-bond acceptors (Lipinski definition) is 7. The van der Waals surface area contributed by atoms with E-state index in [9.17, 15) is 13.2 Å². The Kier molecular flexibility index (Phi) is 5.08. The second kappa shape index (κ2) is 8.38. The number of aryl methyl sites for hydroxylation is 1. The zero-order valence-electron chi connectivity index (χ0n) is 19.9. The van der Waals surface area contributed by atoms with E-state index >= 15 is 0 Å². The molecule has 1 aliphatic heterocycles. The van der Waals surface area contributed by atoms with Crippen LogP contribution in [0, 0.1) is 5.92 Å². The summed E-state index contributed by atoms with van der Waals surface area (Å²) in [5, 5.41) is 11.2. The van der Waals surface area contributed by atoms with Crippen molar-refractivity contribution in [1.29, 1.82) is 0 Å². The smallest absolute Gasteiger partial charge is 0.333 e. The molecule has 1 fully saturated rings. The predicted octanol–water partition coefficient (Wildman–Crippen LogP) is 3.07. The first kappa shape index (κ1) is 22.4. The largest absolute Gasteiger partial charge is 0.370 e. The third kappa shape index (κ3) is 3.96. The minimum Gasteiger partial charge on any atom is -0.370 e. The molecule has 3 aliphatic rings. The Balaban J connectivity index is 1.18. The summed E-state index contributed by atoms with van der Waals surface area (Å²) in [6, 6.07) is 8.48. The summed E-state index contributed by atoms with van der Waals surface area (Å²) in [4.78, 5) is 17.3. The van der Waals surface area contributed by atoms with E-state index in [2.05, 4.69) is 31.3 Å². The molecule has 1 atom stereocenters. The van der Waals surface area contributed by atoms with E-state index in [0.717, 1.165) is 60.1 Å². The lowest BCUT2D eigenvalue weighted by Gasteiger charge is -2.23. The second-order valence-corrected chi connectivity index (χ2v) is 11.4. The van der Waals surface area contributed by atoms with Gasteiger partial charge >= 0.3 is 6.03 Å². The van der Waals surface area contributed by atoms with Crippen LogP contribution in [0.5, 0.6) is 0 Å². The maximum absolute atomic E-state index is 13.1. The lowest BCUT2D eigenvalue weighted by Crippen LogP contribution is -2.35. The number of ether oxygens (including phenoxy) is 1. The monoisotopic (exact) mass is 519 g/mol. The summed E-state index contributed by atoms with van der Waals surface area (Å²) in [5.74, 6) is 0.401. The van der Waals surface area contributed by atoms with Gasteiger partial charge in [-0.25, -0.2) is 19.0 Å². The average Bonchev–Trinajstić information content (AvgIpc) is 3.26. The lowest BCUT2D eigenvalue weighted by molar-refractivity contribution is 0.00273. The fraction of sp³-hybridized carbons (Fsp3) is 0.360. The number of pyridine rings is 1. The number of benzene rings is 1. The van der Waals surface area contributed by atoms with Crippen LogP contribution in [-0.4, -0.2) is 45.4 Å². The molecular formula is C25H25N7O4S. The van der Waals surface area contributed by atoms with Crippen molar-refractivity contribution >= 4 is 27.4 Å². The van der Waals surface area contributed by atoms with Gasteiger partial charge in [-0.2, -0.15) is 18.6 Å². The SMILES string of the molecule is O=C(Nc1c(-c2ccc3ncnn3c2)ccc2c1CCC2)NS(=O)(=O)c1cc2n(n1)CCOC2C1CC1. The van der Waals surface area contributed by atoms with E-state index in [-0.39, 0.29) is 11.1 Å². The summed E-state index contributed by atoms with van der Waals surface area (Å²) in [7, 11) is -4.19. The highest BCUT2D eigenvalue weighted by atomic mass is 32.2. The number of fused-ring (bicyclic) bond motifs is 3. The Labute approximate surface area is 212 Å². The predicted molar refractivity (Wildman–Crippen MR) is 133 cm³/mol. The summed E-state index contributed by atoms with van der Waals surface area (Å²) in [5.41, 5.74) is 5.85. The van der Waals surface area contributed by atoms with Crippen LogP contribution < -0.4 is 10.0 Å². The van der Waals surface area contributed by atoms with Crippen molar-refractivity contribution in [3.05, 3.63) is 59.7 Å². The van der Waals surface area contributed by atoms with E-state index in [1.54, 1.807) is 9.20 Å². The van der Waals surface area contributed by atoms with Gasteiger partial charge in [-0.1, -0.05) is 12.1 Å². The standard InChI is InChI=1S/C25H25N7O4S/c33-25(30-37(34,35)22-12-20-24(16-4-5-16)36-11-10-31(20)29-22)28-23-18-3-1-2-15(18)6-8-19(23)17-7-9-21-26-14-27-32(21)13-17/h6-9,12-14,16,24H,1-5,10-11H2,(H2,28,30,33). The van der Waals surface area contributed by atoms with Gasteiger partial charge in [-0.15, -0.1) is 0 Å². The van der Waals surface area contributed by atoms with Gasteiger partial charge in [0, 0.05) is 23.4 Å². The van der Waals surface area contributed by atoms with Crippen molar-refractivity contribution < 1.29 is 17.9 Å². The number of amides is 2. The van der Waals surface area contributed by atoms with Gasteiger partial charge < -0.3 is 10.1 Å². The van der Waals surface area contributed by atoms with E-state index in [1.807, 2.05) is 24.4 Å². The molecule has 3 aromatic heterocycles. The fourth-order valence-electron chi connectivity index (χ4n) is 5.41. The molecule has 0 spiro atoms. The minimum atomic E-state index is -4.19. The molecule has 0 radical (unpaired) electrons. The second-order valence-electron chi connectivity index (χ2n) is 9.78. The number of hydrogen-bond donors (Lipinski definition) is 2. The normalized spacial score (nSPS) is 19.0. The highest BCUT2D eigenvalue weighted by Crippen LogP contribution is 2.45. The topological polar surface area (TPSA) is 133 Å².